The molecular weight excluding hydrogens is 116 g/mol. The van der Waals surface area contributed by atoms with E-state index < -0.39 is 0 Å². The first-order chi connectivity index (χ1) is 4.33. The van der Waals surface area contributed by atoms with Crippen LogP contribution < -0.4 is 10.3 Å². The van der Waals surface area contributed by atoms with Gasteiger partial charge in [-0.15, -0.1) is 0 Å². The highest BCUT2D eigenvalue weighted by Gasteiger charge is 1.94. The molecule has 1 heterocycles. The zero-order chi connectivity index (χ0) is 6.69. The molecule has 0 fully saturated rings. The van der Waals surface area contributed by atoms with Crippen LogP contribution in [0, 0.1) is 0 Å². The highest BCUT2D eigenvalue weighted by atomic mass is 16.3. The van der Waals surface area contributed by atoms with E-state index in [1.165, 1.54) is 0 Å². The summed E-state index contributed by atoms with van der Waals surface area (Å²) in [5, 5.41) is 8.87. The third-order valence-corrected chi connectivity index (χ3v) is 1.05. The number of nitrogens with zero attached hydrogens (tertiary/aromatic N) is 1. The van der Waals surface area contributed by atoms with Crippen molar-refractivity contribution >= 4 is 0 Å². The van der Waals surface area contributed by atoms with Crippen LogP contribution in [0.1, 0.15) is 0 Å². The van der Waals surface area contributed by atoms with E-state index in [2.05, 4.69) is 0 Å². The average molecular weight is 125 g/mol. The summed E-state index contributed by atoms with van der Waals surface area (Å²) in [6.45, 7) is 0.397. The predicted octanol–water partition coefficient (Wildman–Crippen LogP) is -0.404. The van der Waals surface area contributed by atoms with Crippen LogP contribution >= 0.6 is 0 Å². The first-order valence-electron chi connectivity index (χ1n) is 2.71. The second-order valence-electron chi connectivity index (χ2n) is 1.76. The van der Waals surface area contributed by atoms with Crippen molar-refractivity contribution in [1.82, 2.24) is 0 Å². The molecule has 1 aromatic heterocycles. The lowest BCUT2D eigenvalue weighted by Crippen LogP contribution is -2.37. The maximum Gasteiger partial charge on any atom is 0.212 e. The van der Waals surface area contributed by atoms with Gasteiger partial charge in [-0.1, -0.05) is 0 Å². The van der Waals surface area contributed by atoms with Gasteiger partial charge in [0.15, 0.2) is 18.6 Å². The zero-order valence-electron chi connectivity index (χ0n) is 4.99. The second kappa shape index (κ2) is 2.46. The molecule has 48 valence electrons. The lowest BCUT2D eigenvalue weighted by Gasteiger charge is -1.89. The molecule has 0 aliphatic heterocycles. The number of aromatic nitrogens is 1. The van der Waals surface area contributed by atoms with E-state index in [1.54, 1.807) is 29.1 Å². The minimum atomic E-state index is 0.239. The van der Waals surface area contributed by atoms with Crippen molar-refractivity contribution < 1.29 is 9.67 Å². The Balaban J connectivity index is 2.94. The van der Waals surface area contributed by atoms with Gasteiger partial charge < -0.3 is 5.11 Å². The standard InChI is InChI=1S/C6H8N2O/c7-5-8-3-1-2-6(9)4-8/h1-4H,5,7H2/p+1. The van der Waals surface area contributed by atoms with Gasteiger partial charge in [-0.25, -0.2) is 0 Å². The van der Waals surface area contributed by atoms with Crippen LogP contribution in [0.2, 0.25) is 0 Å². The van der Waals surface area contributed by atoms with Crippen molar-refractivity contribution in [1.29, 1.82) is 0 Å². The number of hydrogen-bond donors (Lipinski definition) is 2. The van der Waals surface area contributed by atoms with Gasteiger partial charge in [-0.05, 0) is 6.07 Å². The summed E-state index contributed by atoms with van der Waals surface area (Å²) >= 11 is 0. The maximum absolute atomic E-state index is 8.87. The van der Waals surface area contributed by atoms with E-state index in [4.69, 9.17) is 10.8 Å². The Kier molecular flexibility index (Phi) is 1.65. The van der Waals surface area contributed by atoms with Gasteiger partial charge in [-0.3, -0.25) is 5.73 Å². The van der Waals surface area contributed by atoms with E-state index in [9.17, 15) is 0 Å². The third-order valence-electron chi connectivity index (χ3n) is 1.05. The van der Waals surface area contributed by atoms with Crippen LogP contribution in [0.4, 0.5) is 0 Å². The molecule has 1 aromatic rings. The molecule has 0 radical (unpaired) electrons. The molecular formula is C6H9N2O+. The number of pyridine rings is 1. The van der Waals surface area contributed by atoms with Crippen molar-refractivity contribution in [3.8, 4) is 5.75 Å². The predicted molar refractivity (Wildman–Crippen MR) is 32.5 cm³/mol. The summed E-state index contributed by atoms with van der Waals surface area (Å²) in [4.78, 5) is 0. The second-order valence-corrected chi connectivity index (χ2v) is 1.76. The van der Waals surface area contributed by atoms with Crippen molar-refractivity contribution in [2.75, 3.05) is 0 Å². The molecule has 9 heavy (non-hydrogen) atoms. The molecule has 1 rings (SSSR count). The van der Waals surface area contributed by atoms with Crippen LogP contribution in [-0.4, -0.2) is 5.11 Å². The van der Waals surface area contributed by atoms with Gasteiger partial charge in [0.05, 0.1) is 0 Å². The molecule has 0 aliphatic carbocycles. The average Bonchev–Trinajstić information content (AvgIpc) is 1.88. The van der Waals surface area contributed by atoms with E-state index in [1.807, 2.05) is 0 Å². The van der Waals surface area contributed by atoms with Gasteiger partial charge in [0.2, 0.25) is 6.20 Å². The fourth-order valence-corrected chi connectivity index (χ4v) is 0.622. The molecule has 0 saturated carbocycles. The molecule has 0 amide bonds. The number of hydrogen-bond acceptors (Lipinski definition) is 2. The monoisotopic (exact) mass is 125 g/mol. The Morgan fingerprint density at radius 2 is 2.44 bits per heavy atom. The lowest BCUT2D eigenvalue weighted by atomic mass is 10.4. The Labute approximate surface area is 53.4 Å². The van der Waals surface area contributed by atoms with Gasteiger partial charge in [0.1, 0.15) is 0 Å². The van der Waals surface area contributed by atoms with Crippen molar-refractivity contribution in [2.45, 2.75) is 6.67 Å². The van der Waals surface area contributed by atoms with Gasteiger partial charge in [-0.2, -0.15) is 4.57 Å². The van der Waals surface area contributed by atoms with Gasteiger partial charge in [0.25, 0.3) is 0 Å². The summed E-state index contributed by atoms with van der Waals surface area (Å²) in [6, 6.07) is 3.34. The quantitative estimate of drug-likeness (QED) is 0.501. The number of rotatable bonds is 1. The summed E-state index contributed by atoms with van der Waals surface area (Å²) in [7, 11) is 0. The normalized spacial score (nSPS) is 9.44. The zero-order valence-corrected chi connectivity index (χ0v) is 4.99. The van der Waals surface area contributed by atoms with Crippen LogP contribution in [0.15, 0.2) is 24.5 Å². The highest BCUT2D eigenvalue weighted by Crippen LogP contribution is 1.98. The highest BCUT2D eigenvalue weighted by molar-refractivity contribution is 5.09. The summed E-state index contributed by atoms with van der Waals surface area (Å²) in [5.74, 6) is 0.239. The Hall–Kier alpha value is -1.09. The molecule has 0 aromatic carbocycles. The summed E-state index contributed by atoms with van der Waals surface area (Å²) in [6.07, 6.45) is 3.36. The van der Waals surface area contributed by atoms with Crippen LogP contribution in [-0.2, 0) is 6.67 Å². The van der Waals surface area contributed by atoms with E-state index in [0.717, 1.165) is 0 Å². The Bertz CT molecular complexity index is 200. The summed E-state index contributed by atoms with van der Waals surface area (Å²) < 4.78 is 1.69. The molecule has 3 N–H and O–H groups in total. The molecule has 0 bridgehead atoms. The smallest absolute Gasteiger partial charge is 0.212 e. The van der Waals surface area contributed by atoms with E-state index in [0.29, 0.717) is 6.67 Å². The van der Waals surface area contributed by atoms with E-state index in [-0.39, 0.29) is 5.75 Å². The fraction of sp³-hybridized carbons (Fsp3) is 0.167. The first kappa shape index (κ1) is 6.04. The topological polar surface area (TPSA) is 50.1 Å². The van der Waals surface area contributed by atoms with Crippen molar-refractivity contribution in [2.24, 2.45) is 5.73 Å². The van der Waals surface area contributed by atoms with Crippen LogP contribution in [0.5, 0.6) is 5.75 Å². The van der Waals surface area contributed by atoms with Gasteiger partial charge in [0, 0.05) is 6.07 Å². The summed E-state index contributed by atoms with van der Waals surface area (Å²) in [5.41, 5.74) is 5.27. The first-order valence-corrected chi connectivity index (χ1v) is 2.71. The molecule has 0 saturated heterocycles. The van der Waals surface area contributed by atoms with E-state index >= 15 is 0 Å². The number of nitrogens with two attached hydrogens (primary N) is 1. The number of aromatic hydroxyl groups is 1. The van der Waals surface area contributed by atoms with Gasteiger partial charge >= 0.3 is 0 Å². The Morgan fingerprint density at radius 3 is 2.89 bits per heavy atom. The fourth-order valence-electron chi connectivity index (χ4n) is 0.622. The Morgan fingerprint density at radius 1 is 1.67 bits per heavy atom. The largest absolute Gasteiger partial charge is 0.503 e. The molecule has 0 atom stereocenters. The maximum atomic E-state index is 8.87. The molecule has 3 nitrogen and oxygen atoms in total. The SMILES string of the molecule is NC[n+]1cccc(O)c1. The van der Waals surface area contributed by atoms with Crippen molar-refractivity contribution in [3.63, 3.8) is 0 Å². The molecule has 0 spiro atoms. The molecule has 0 aliphatic rings. The van der Waals surface area contributed by atoms with Crippen LogP contribution in [0.25, 0.3) is 0 Å². The third kappa shape index (κ3) is 1.40. The van der Waals surface area contributed by atoms with Crippen LogP contribution in [0.3, 0.4) is 0 Å². The lowest BCUT2D eigenvalue weighted by molar-refractivity contribution is -0.696. The minimum Gasteiger partial charge on any atom is -0.503 e. The molecule has 3 heteroatoms. The van der Waals surface area contributed by atoms with Crippen molar-refractivity contribution in [3.05, 3.63) is 24.5 Å². The minimum absolute atomic E-state index is 0.239. The molecule has 0 unspecified atom stereocenters.